The lowest BCUT2D eigenvalue weighted by Gasteiger charge is -2.26. The number of carbonyl (C=O) groups is 1. The number of hydrogen-bond donors (Lipinski definition) is 1. The second kappa shape index (κ2) is 5.83. The number of esters is 1. The van der Waals surface area contributed by atoms with Gasteiger partial charge >= 0.3 is 5.97 Å². The first-order chi connectivity index (χ1) is 9.42. The molecule has 0 fully saturated rings. The predicted molar refractivity (Wildman–Crippen MR) is 77.8 cm³/mol. The van der Waals surface area contributed by atoms with Crippen LogP contribution in [0.15, 0.2) is 18.2 Å². The maximum atomic E-state index is 11.8. The molecule has 0 saturated carbocycles. The molecule has 0 heterocycles. The van der Waals surface area contributed by atoms with Crippen LogP contribution in [-0.4, -0.2) is 24.2 Å². The standard InChI is InChI=1S/C16H23NO3/c1-4-19-15(18)16(2,3)20-14-8-6-11-5-7-13(17)9-12(11)10-14/h6,8,10,13H,4-5,7,9,17H2,1-3H3. The zero-order valence-electron chi connectivity index (χ0n) is 12.4. The van der Waals surface area contributed by atoms with Gasteiger partial charge in [0.1, 0.15) is 5.75 Å². The van der Waals surface area contributed by atoms with Crippen LogP contribution in [0.1, 0.15) is 38.3 Å². The summed E-state index contributed by atoms with van der Waals surface area (Å²) in [5, 5.41) is 0. The Morgan fingerprint density at radius 2 is 2.15 bits per heavy atom. The summed E-state index contributed by atoms with van der Waals surface area (Å²) in [6.45, 7) is 5.57. The maximum Gasteiger partial charge on any atom is 0.349 e. The van der Waals surface area contributed by atoms with Gasteiger partial charge in [-0.25, -0.2) is 4.79 Å². The van der Waals surface area contributed by atoms with Gasteiger partial charge in [-0.05, 0) is 63.3 Å². The van der Waals surface area contributed by atoms with Crippen molar-refractivity contribution in [3.05, 3.63) is 29.3 Å². The van der Waals surface area contributed by atoms with Gasteiger partial charge in [0.25, 0.3) is 0 Å². The zero-order chi connectivity index (χ0) is 14.8. The van der Waals surface area contributed by atoms with Gasteiger partial charge < -0.3 is 15.2 Å². The molecule has 1 atom stereocenters. The molecule has 2 N–H and O–H groups in total. The SMILES string of the molecule is CCOC(=O)C(C)(C)Oc1ccc2c(c1)CC(N)CC2. The number of carbonyl (C=O) groups excluding carboxylic acids is 1. The lowest BCUT2D eigenvalue weighted by Crippen LogP contribution is -2.39. The summed E-state index contributed by atoms with van der Waals surface area (Å²) in [7, 11) is 0. The highest BCUT2D eigenvalue weighted by molar-refractivity contribution is 5.79. The summed E-state index contributed by atoms with van der Waals surface area (Å²) in [4.78, 5) is 11.8. The maximum absolute atomic E-state index is 11.8. The molecule has 0 aliphatic heterocycles. The van der Waals surface area contributed by atoms with E-state index in [-0.39, 0.29) is 12.0 Å². The molecular formula is C16H23NO3. The van der Waals surface area contributed by atoms with E-state index in [4.69, 9.17) is 15.2 Å². The van der Waals surface area contributed by atoms with Gasteiger partial charge in [0.15, 0.2) is 5.60 Å². The van der Waals surface area contributed by atoms with Gasteiger partial charge in [-0.2, -0.15) is 0 Å². The summed E-state index contributed by atoms with van der Waals surface area (Å²) in [5.74, 6) is 0.338. The third-order valence-corrected chi connectivity index (χ3v) is 3.58. The van der Waals surface area contributed by atoms with E-state index in [1.54, 1.807) is 20.8 Å². The minimum Gasteiger partial charge on any atom is -0.476 e. The van der Waals surface area contributed by atoms with Crippen molar-refractivity contribution < 1.29 is 14.3 Å². The van der Waals surface area contributed by atoms with Crippen molar-refractivity contribution in [2.24, 2.45) is 5.73 Å². The first-order valence-electron chi connectivity index (χ1n) is 7.16. The molecule has 0 bridgehead atoms. The highest BCUT2D eigenvalue weighted by Gasteiger charge is 2.31. The van der Waals surface area contributed by atoms with Crippen LogP contribution in [0.2, 0.25) is 0 Å². The van der Waals surface area contributed by atoms with Crippen LogP contribution < -0.4 is 10.5 Å². The van der Waals surface area contributed by atoms with Crippen LogP contribution in [0.5, 0.6) is 5.75 Å². The molecule has 1 aromatic rings. The Kier molecular flexibility index (Phi) is 4.33. The molecule has 110 valence electrons. The summed E-state index contributed by atoms with van der Waals surface area (Å²) in [5.41, 5.74) is 7.56. The fourth-order valence-corrected chi connectivity index (χ4v) is 2.47. The minimum atomic E-state index is -0.985. The fourth-order valence-electron chi connectivity index (χ4n) is 2.47. The van der Waals surface area contributed by atoms with E-state index in [0.29, 0.717) is 12.4 Å². The van der Waals surface area contributed by atoms with Crippen molar-refractivity contribution in [2.75, 3.05) is 6.61 Å². The van der Waals surface area contributed by atoms with E-state index in [2.05, 4.69) is 6.07 Å². The third-order valence-electron chi connectivity index (χ3n) is 3.58. The van der Waals surface area contributed by atoms with Gasteiger partial charge in [0, 0.05) is 6.04 Å². The topological polar surface area (TPSA) is 61.5 Å². The lowest BCUT2D eigenvalue weighted by molar-refractivity contribution is -0.158. The van der Waals surface area contributed by atoms with Crippen LogP contribution in [0, 0.1) is 0 Å². The average Bonchev–Trinajstić information content (AvgIpc) is 2.38. The second-order valence-corrected chi connectivity index (χ2v) is 5.77. The summed E-state index contributed by atoms with van der Waals surface area (Å²) in [6, 6.07) is 6.19. The van der Waals surface area contributed by atoms with Crippen LogP contribution in [0.4, 0.5) is 0 Å². The minimum absolute atomic E-state index is 0.218. The highest BCUT2D eigenvalue weighted by Crippen LogP contribution is 2.27. The number of benzene rings is 1. The number of fused-ring (bicyclic) bond motifs is 1. The van der Waals surface area contributed by atoms with Crippen molar-refractivity contribution >= 4 is 5.97 Å². The van der Waals surface area contributed by atoms with Gasteiger partial charge in [-0.15, -0.1) is 0 Å². The van der Waals surface area contributed by atoms with Gasteiger partial charge in [0.05, 0.1) is 6.61 Å². The summed E-state index contributed by atoms with van der Waals surface area (Å²) >= 11 is 0. The lowest BCUT2D eigenvalue weighted by atomic mass is 9.88. The first-order valence-corrected chi connectivity index (χ1v) is 7.16. The van der Waals surface area contributed by atoms with Gasteiger partial charge in [-0.1, -0.05) is 6.07 Å². The molecule has 2 rings (SSSR count). The Balaban J connectivity index is 2.14. The molecular weight excluding hydrogens is 254 g/mol. The molecule has 1 aromatic carbocycles. The van der Waals surface area contributed by atoms with Crippen molar-refractivity contribution in [3.8, 4) is 5.75 Å². The van der Waals surface area contributed by atoms with E-state index >= 15 is 0 Å². The summed E-state index contributed by atoms with van der Waals surface area (Å²) in [6.07, 6.45) is 2.91. The molecule has 0 radical (unpaired) electrons. The Labute approximate surface area is 120 Å². The normalized spacial score (nSPS) is 18.3. The molecule has 1 unspecified atom stereocenters. The van der Waals surface area contributed by atoms with E-state index < -0.39 is 5.60 Å². The number of ether oxygens (including phenoxy) is 2. The Morgan fingerprint density at radius 1 is 1.40 bits per heavy atom. The fraction of sp³-hybridized carbons (Fsp3) is 0.562. The molecule has 1 aliphatic rings. The Morgan fingerprint density at radius 3 is 2.85 bits per heavy atom. The monoisotopic (exact) mass is 277 g/mol. The van der Waals surface area contributed by atoms with Crippen molar-refractivity contribution in [1.82, 2.24) is 0 Å². The van der Waals surface area contributed by atoms with Crippen molar-refractivity contribution in [2.45, 2.75) is 51.7 Å². The van der Waals surface area contributed by atoms with E-state index in [0.717, 1.165) is 19.3 Å². The quantitative estimate of drug-likeness (QED) is 0.857. The van der Waals surface area contributed by atoms with Crippen LogP contribution in [0.25, 0.3) is 0 Å². The average molecular weight is 277 g/mol. The van der Waals surface area contributed by atoms with Crippen molar-refractivity contribution in [1.29, 1.82) is 0 Å². The van der Waals surface area contributed by atoms with E-state index in [1.807, 2.05) is 12.1 Å². The second-order valence-electron chi connectivity index (χ2n) is 5.77. The van der Waals surface area contributed by atoms with Crippen LogP contribution in [-0.2, 0) is 22.4 Å². The van der Waals surface area contributed by atoms with Crippen LogP contribution >= 0.6 is 0 Å². The Hall–Kier alpha value is -1.55. The van der Waals surface area contributed by atoms with Gasteiger partial charge in [-0.3, -0.25) is 0 Å². The van der Waals surface area contributed by atoms with E-state index in [1.165, 1.54) is 11.1 Å². The van der Waals surface area contributed by atoms with E-state index in [9.17, 15) is 4.79 Å². The number of aryl methyl sites for hydroxylation is 1. The number of nitrogens with two attached hydrogens (primary N) is 1. The molecule has 20 heavy (non-hydrogen) atoms. The Bertz CT molecular complexity index is 496. The molecule has 4 heteroatoms. The third kappa shape index (κ3) is 3.31. The smallest absolute Gasteiger partial charge is 0.349 e. The zero-order valence-corrected chi connectivity index (χ0v) is 12.4. The predicted octanol–water partition coefficient (Wildman–Crippen LogP) is 2.22. The molecule has 0 saturated heterocycles. The highest BCUT2D eigenvalue weighted by atomic mass is 16.6. The molecule has 0 aromatic heterocycles. The number of hydrogen-bond acceptors (Lipinski definition) is 4. The van der Waals surface area contributed by atoms with Crippen molar-refractivity contribution in [3.63, 3.8) is 0 Å². The van der Waals surface area contributed by atoms with Crippen LogP contribution in [0.3, 0.4) is 0 Å². The largest absolute Gasteiger partial charge is 0.476 e. The molecule has 0 spiro atoms. The molecule has 1 aliphatic carbocycles. The summed E-state index contributed by atoms with van der Waals surface area (Å²) < 4.78 is 10.8. The first kappa shape index (κ1) is 14.9. The van der Waals surface area contributed by atoms with Gasteiger partial charge in [0.2, 0.25) is 0 Å². The molecule has 4 nitrogen and oxygen atoms in total. The number of rotatable bonds is 4. The molecule has 0 amide bonds.